The first kappa shape index (κ1) is 13.8. The van der Waals surface area contributed by atoms with Crippen molar-refractivity contribution in [3.63, 3.8) is 0 Å². The van der Waals surface area contributed by atoms with E-state index in [0.29, 0.717) is 12.4 Å². The molecule has 0 radical (unpaired) electrons. The molecule has 1 amide bonds. The predicted molar refractivity (Wildman–Crippen MR) is 87.3 cm³/mol. The lowest BCUT2D eigenvalue weighted by Crippen LogP contribution is -2.33. The lowest BCUT2D eigenvalue weighted by Gasteiger charge is -2.04. The molecule has 2 aromatic carbocycles. The first-order valence-electron chi connectivity index (χ1n) is 6.66. The van der Waals surface area contributed by atoms with Crippen molar-refractivity contribution in [1.29, 1.82) is 0 Å². The van der Waals surface area contributed by atoms with E-state index in [1.807, 2.05) is 54.6 Å². The van der Waals surface area contributed by atoms with Crippen molar-refractivity contribution < 1.29 is 4.79 Å². The summed E-state index contributed by atoms with van der Waals surface area (Å²) in [6.07, 6.45) is 0.609. The van der Waals surface area contributed by atoms with E-state index in [0.717, 1.165) is 15.7 Å². The zero-order valence-electron chi connectivity index (χ0n) is 11.2. The number of nitrogens with one attached hydrogen (secondary N) is 2. The van der Waals surface area contributed by atoms with Gasteiger partial charge in [-0.25, -0.2) is 4.99 Å². The average molecular weight is 344 g/mol. The largest absolute Gasteiger partial charge is 0.326 e. The second-order valence-electron chi connectivity index (χ2n) is 4.80. The molecule has 0 saturated heterocycles. The van der Waals surface area contributed by atoms with Gasteiger partial charge in [-0.05, 0) is 29.8 Å². The first-order chi connectivity index (χ1) is 10.2. The number of carbonyl (C=O) groups is 1. The molecule has 1 aliphatic rings. The first-order valence-corrected chi connectivity index (χ1v) is 7.45. The van der Waals surface area contributed by atoms with E-state index in [-0.39, 0.29) is 11.9 Å². The van der Waals surface area contributed by atoms with Crippen LogP contribution in [0.15, 0.2) is 64.1 Å². The van der Waals surface area contributed by atoms with Crippen molar-refractivity contribution in [3.8, 4) is 0 Å². The number of rotatable bonds is 3. The SMILES string of the molecule is O=C1NC(Nc2ccc(Br)cc2)=N[C@@H]1Cc1ccccc1. The highest BCUT2D eigenvalue weighted by atomic mass is 79.9. The minimum absolute atomic E-state index is 0.0709. The molecule has 2 N–H and O–H groups in total. The van der Waals surface area contributed by atoms with Crippen LogP contribution in [-0.4, -0.2) is 17.9 Å². The van der Waals surface area contributed by atoms with Crippen LogP contribution in [0.5, 0.6) is 0 Å². The minimum atomic E-state index is -0.370. The fraction of sp³-hybridized carbons (Fsp3) is 0.125. The van der Waals surface area contributed by atoms with Crippen LogP contribution >= 0.6 is 15.9 Å². The van der Waals surface area contributed by atoms with Gasteiger partial charge in [-0.2, -0.15) is 0 Å². The molecule has 1 heterocycles. The molecule has 0 bridgehead atoms. The fourth-order valence-electron chi connectivity index (χ4n) is 2.16. The molecule has 1 aliphatic heterocycles. The maximum atomic E-state index is 12.0. The predicted octanol–water partition coefficient (Wildman–Crippen LogP) is 2.96. The van der Waals surface area contributed by atoms with Crippen LogP contribution in [0.4, 0.5) is 5.69 Å². The van der Waals surface area contributed by atoms with E-state index in [2.05, 4.69) is 31.6 Å². The van der Waals surface area contributed by atoms with Crippen molar-refractivity contribution in [2.45, 2.75) is 12.5 Å². The van der Waals surface area contributed by atoms with Gasteiger partial charge >= 0.3 is 0 Å². The molecule has 21 heavy (non-hydrogen) atoms. The second-order valence-corrected chi connectivity index (χ2v) is 5.72. The average Bonchev–Trinajstić information content (AvgIpc) is 2.82. The third-order valence-corrected chi connectivity index (χ3v) is 3.74. The van der Waals surface area contributed by atoms with Crippen LogP contribution in [0.25, 0.3) is 0 Å². The van der Waals surface area contributed by atoms with Gasteiger partial charge in [-0.1, -0.05) is 46.3 Å². The van der Waals surface area contributed by atoms with Crippen molar-refractivity contribution >= 4 is 33.5 Å². The van der Waals surface area contributed by atoms with Gasteiger partial charge < -0.3 is 5.32 Å². The molecule has 0 fully saturated rings. The number of benzene rings is 2. The Bertz CT molecular complexity index is 668. The molecule has 106 valence electrons. The van der Waals surface area contributed by atoms with Crippen LogP contribution in [0.1, 0.15) is 5.56 Å². The van der Waals surface area contributed by atoms with E-state index in [9.17, 15) is 4.79 Å². The molecule has 1 atom stereocenters. The molecule has 0 aliphatic carbocycles. The molecule has 5 heteroatoms. The summed E-state index contributed by atoms with van der Waals surface area (Å²) < 4.78 is 1.01. The summed E-state index contributed by atoms with van der Waals surface area (Å²) in [5.74, 6) is 0.432. The zero-order chi connectivity index (χ0) is 14.7. The maximum Gasteiger partial charge on any atom is 0.251 e. The Morgan fingerprint density at radius 1 is 1.10 bits per heavy atom. The summed E-state index contributed by atoms with van der Waals surface area (Å²) in [6.45, 7) is 0. The van der Waals surface area contributed by atoms with E-state index >= 15 is 0 Å². The molecule has 0 saturated carbocycles. The van der Waals surface area contributed by atoms with Crippen molar-refractivity contribution in [3.05, 3.63) is 64.6 Å². The van der Waals surface area contributed by atoms with E-state index in [1.165, 1.54) is 0 Å². The molecular weight excluding hydrogens is 330 g/mol. The van der Waals surface area contributed by atoms with Gasteiger partial charge in [0.05, 0.1) is 0 Å². The molecule has 4 nitrogen and oxygen atoms in total. The number of amides is 1. The van der Waals surface area contributed by atoms with Gasteiger partial charge in [-0.15, -0.1) is 0 Å². The Morgan fingerprint density at radius 3 is 2.52 bits per heavy atom. The van der Waals surface area contributed by atoms with E-state index < -0.39 is 0 Å². The summed E-state index contributed by atoms with van der Waals surface area (Å²) in [4.78, 5) is 16.4. The Labute approximate surface area is 131 Å². The van der Waals surface area contributed by atoms with Crippen LogP contribution in [0, 0.1) is 0 Å². The number of aliphatic imine (C=N–C) groups is 1. The van der Waals surface area contributed by atoms with E-state index in [4.69, 9.17) is 0 Å². The van der Waals surface area contributed by atoms with Gasteiger partial charge in [-0.3, -0.25) is 10.1 Å². The highest BCUT2D eigenvalue weighted by molar-refractivity contribution is 9.10. The van der Waals surface area contributed by atoms with Crippen molar-refractivity contribution in [2.24, 2.45) is 4.99 Å². The summed E-state index contributed by atoms with van der Waals surface area (Å²) in [5.41, 5.74) is 1.99. The maximum absolute atomic E-state index is 12.0. The van der Waals surface area contributed by atoms with Crippen LogP contribution in [0.3, 0.4) is 0 Å². The van der Waals surface area contributed by atoms with Crippen LogP contribution in [0.2, 0.25) is 0 Å². The quantitative estimate of drug-likeness (QED) is 0.900. The molecule has 0 unspecified atom stereocenters. The standard InChI is InChI=1S/C16H14BrN3O/c17-12-6-8-13(9-7-12)18-16-19-14(15(21)20-16)10-11-4-2-1-3-5-11/h1-9,14H,10H2,(H2,18,19,20,21)/t14-/m1/s1. The van der Waals surface area contributed by atoms with Crippen LogP contribution < -0.4 is 10.6 Å². The molecule has 3 rings (SSSR count). The Balaban J connectivity index is 1.69. The summed E-state index contributed by atoms with van der Waals surface area (Å²) in [7, 11) is 0. The smallest absolute Gasteiger partial charge is 0.251 e. The fourth-order valence-corrected chi connectivity index (χ4v) is 2.42. The van der Waals surface area contributed by atoms with Gasteiger partial charge in [0.1, 0.15) is 6.04 Å². The monoisotopic (exact) mass is 343 g/mol. The molecule has 0 spiro atoms. The topological polar surface area (TPSA) is 53.5 Å². The van der Waals surface area contributed by atoms with Gasteiger partial charge in [0, 0.05) is 16.6 Å². The Kier molecular flexibility index (Phi) is 4.01. The molecular formula is C16H14BrN3O. The summed E-state index contributed by atoms with van der Waals surface area (Å²) >= 11 is 3.39. The number of anilines is 1. The van der Waals surface area contributed by atoms with E-state index in [1.54, 1.807) is 0 Å². The number of carbonyl (C=O) groups excluding carboxylic acids is 1. The van der Waals surface area contributed by atoms with Crippen molar-refractivity contribution in [1.82, 2.24) is 5.32 Å². The van der Waals surface area contributed by atoms with Gasteiger partial charge in [0.15, 0.2) is 0 Å². The third-order valence-electron chi connectivity index (χ3n) is 3.21. The molecule has 2 aromatic rings. The third kappa shape index (κ3) is 3.49. The Hall–Kier alpha value is -2.14. The number of hydrogen-bond donors (Lipinski definition) is 2. The number of nitrogens with zero attached hydrogens (tertiary/aromatic N) is 1. The second kappa shape index (κ2) is 6.10. The number of hydrogen-bond acceptors (Lipinski definition) is 3. The van der Waals surface area contributed by atoms with Crippen molar-refractivity contribution in [2.75, 3.05) is 5.32 Å². The normalized spacial score (nSPS) is 17.3. The highest BCUT2D eigenvalue weighted by Gasteiger charge is 2.26. The number of halogens is 1. The van der Waals surface area contributed by atoms with Crippen LogP contribution in [-0.2, 0) is 11.2 Å². The van der Waals surface area contributed by atoms with Gasteiger partial charge in [0.25, 0.3) is 5.91 Å². The Morgan fingerprint density at radius 2 is 1.81 bits per heavy atom. The summed E-state index contributed by atoms with van der Waals surface area (Å²) in [5, 5.41) is 5.89. The molecule has 0 aromatic heterocycles. The lowest BCUT2D eigenvalue weighted by molar-refractivity contribution is -0.120. The van der Waals surface area contributed by atoms with Gasteiger partial charge in [0.2, 0.25) is 5.96 Å². The number of guanidine groups is 1. The minimum Gasteiger partial charge on any atom is -0.326 e. The highest BCUT2D eigenvalue weighted by Crippen LogP contribution is 2.15. The lowest BCUT2D eigenvalue weighted by atomic mass is 10.1. The zero-order valence-corrected chi connectivity index (χ0v) is 12.8. The summed E-state index contributed by atoms with van der Waals surface area (Å²) in [6, 6.07) is 17.2.